The first-order valence-corrected chi connectivity index (χ1v) is 7.16. The summed E-state index contributed by atoms with van der Waals surface area (Å²) in [5, 5.41) is 15.1. The molecule has 22 heavy (non-hydrogen) atoms. The summed E-state index contributed by atoms with van der Waals surface area (Å²) < 4.78 is 13.5. The molecule has 0 aliphatic carbocycles. The highest BCUT2D eigenvalue weighted by Crippen LogP contribution is 2.16. The van der Waals surface area contributed by atoms with E-state index in [9.17, 15) is 14.3 Å². The van der Waals surface area contributed by atoms with Crippen molar-refractivity contribution in [3.8, 4) is 0 Å². The smallest absolute Gasteiger partial charge is 0.319 e. The van der Waals surface area contributed by atoms with Crippen LogP contribution in [0.2, 0.25) is 0 Å². The van der Waals surface area contributed by atoms with Crippen molar-refractivity contribution in [3.05, 3.63) is 65.5 Å². The molecule has 2 aromatic carbocycles. The van der Waals surface area contributed by atoms with Crippen LogP contribution < -0.4 is 10.6 Å². The number of aryl methyl sites for hydroxylation is 1. The SMILES string of the molecule is CCc1cccc(NC(=O)NC[C@H](O)c2ccccc2F)c1. The van der Waals surface area contributed by atoms with E-state index in [0.29, 0.717) is 5.69 Å². The van der Waals surface area contributed by atoms with Gasteiger partial charge in [0.25, 0.3) is 0 Å². The van der Waals surface area contributed by atoms with E-state index in [2.05, 4.69) is 10.6 Å². The highest BCUT2D eigenvalue weighted by molar-refractivity contribution is 5.89. The lowest BCUT2D eigenvalue weighted by Gasteiger charge is -2.14. The Kier molecular flexibility index (Phi) is 5.49. The number of halogens is 1. The maximum Gasteiger partial charge on any atom is 0.319 e. The molecular weight excluding hydrogens is 283 g/mol. The van der Waals surface area contributed by atoms with Gasteiger partial charge in [0.2, 0.25) is 0 Å². The van der Waals surface area contributed by atoms with Gasteiger partial charge in [-0.15, -0.1) is 0 Å². The number of urea groups is 1. The van der Waals surface area contributed by atoms with Crippen LogP contribution in [0.3, 0.4) is 0 Å². The van der Waals surface area contributed by atoms with Gasteiger partial charge in [-0.2, -0.15) is 0 Å². The van der Waals surface area contributed by atoms with Gasteiger partial charge in [0.15, 0.2) is 0 Å². The van der Waals surface area contributed by atoms with Gasteiger partial charge in [0.05, 0.1) is 6.10 Å². The third-order valence-corrected chi connectivity index (χ3v) is 3.31. The van der Waals surface area contributed by atoms with Gasteiger partial charge in [-0.05, 0) is 30.2 Å². The Bertz CT molecular complexity index is 646. The second-order valence-electron chi connectivity index (χ2n) is 4.93. The van der Waals surface area contributed by atoms with Crippen LogP contribution in [0.5, 0.6) is 0 Å². The number of amides is 2. The Morgan fingerprint density at radius 3 is 2.73 bits per heavy atom. The zero-order chi connectivity index (χ0) is 15.9. The molecule has 0 aromatic heterocycles. The molecule has 1 atom stereocenters. The summed E-state index contributed by atoms with van der Waals surface area (Å²) in [6.07, 6.45) is -0.211. The molecule has 2 rings (SSSR count). The predicted molar refractivity (Wildman–Crippen MR) is 84.2 cm³/mol. The number of carbonyl (C=O) groups is 1. The highest BCUT2D eigenvalue weighted by Gasteiger charge is 2.13. The van der Waals surface area contributed by atoms with Gasteiger partial charge in [-0.1, -0.05) is 37.3 Å². The lowest BCUT2D eigenvalue weighted by atomic mass is 10.1. The average Bonchev–Trinajstić information content (AvgIpc) is 2.53. The molecular formula is C17H19FN2O2. The minimum absolute atomic E-state index is 0.0692. The van der Waals surface area contributed by atoms with Crippen LogP contribution in [0.1, 0.15) is 24.2 Å². The molecule has 116 valence electrons. The Morgan fingerprint density at radius 1 is 1.23 bits per heavy atom. The van der Waals surface area contributed by atoms with Crippen molar-refractivity contribution < 1.29 is 14.3 Å². The van der Waals surface area contributed by atoms with E-state index in [0.717, 1.165) is 12.0 Å². The zero-order valence-electron chi connectivity index (χ0n) is 12.3. The average molecular weight is 302 g/mol. The Hall–Kier alpha value is -2.40. The summed E-state index contributed by atoms with van der Waals surface area (Å²) in [5.41, 5.74) is 1.96. The van der Waals surface area contributed by atoms with E-state index in [-0.39, 0.29) is 12.1 Å². The quantitative estimate of drug-likeness (QED) is 0.794. The van der Waals surface area contributed by atoms with E-state index in [4.69, 9.17) is 0 Å². The molecule has 2 aromatic rings. The molecule has 0 heterocycles. The summed E-state index contributed by atoms with van der Waals surface area (Å²) in [7, 11) is 0. The number of anilines is 1. The Labute approximate surface area is 129 Å². The monoisotopic (exact) mass is 302 g/mol. The van der Waals surface area contributed by atoms with Crippen molar-refractivity contribution in [3.63, 3.8) is 0 Å². The Balaban J connectivity index is 1.88. The minimum atomic E-state index is -1.09. The molecule has 0 aliphatic heterocycles. The van der Waals surface area contributed by atoms with E-state index in [1.807, 2.05) is 25.1 Å². The first kappa shape index (κ1) is 16.0. The number of nitrogens with one attached hydrogen (secondary N) is 2. The van der Waals surface area contributed by atoms with Crippen molar-refractivity contribution in [1.82, 2.24) is 5.32 Å². The standard InChI is InChI=1S/C17H19FN2O2/c1-2-12-6-5-7-13(10-12)20-17(22)19-11-16(21)14-8-3-4-9-15(14)18/h3-10,16,21H,2,11H2,1H3,(H2,19,20,22)/t16-/m0/s1. The van der Waals surface area contributed by atoms with Gasteiger partial charge in [0, 0.05) is 17.8 Å². The summed E-state index contributed by atoms with van der Waals surface area (Å²) >= 11 is 0. The van der Waals surface area contributed by atoms with Crippen LogP contribution in [0, 0.1) is 5.82 Å². The number of hydrogen-bond acceptors (Lipinski definition) is 2. The largest absolute Gasteiger partial charge is 0.386 e. The number of aliphatic hydroxyl groups excluding tert-OH is 1. The fourth-order valence-corrected chi connectivity index (χ4v) is 2.09. The minimum Gasteiger partial charge on any atom is -0.386 e. The summed E-state index contributed by atoms with van der Waals surface area (Å²) in [6.45, 7) is 1.96. The van der Waals surface area contributed by atoms with Gasteiger partial charge in [-0.3, -0.25) is 0 Å². The number of hydrogen-bond donors (Lipinski definition) is 3. The second-order valence-corrected chi connectivity index (χ2v) is 4.93. The normalized spacial score (nSPS) is 11.8. The van der Waals surface area contributed by atoms with Crippen molar-refractivity contribution in [1.29, 1.82) is 0 Å². The first-order valence-electron chi connectivity index (χ1n) is 7.16. The topological polar surface area (TPSA) is 61.4 Å². The van der Waals surface area contributed by atoms with Crippen LogP contribution in [-0.4, -0.2) is 17.7 Å². The Morgan fingerprint density at radius 2 is 2.00 bits per heavy atom. The van der Waals surface area contributed by atoms with Gasteiger partial charge in [0.1, 0.15) is 5.82 Å². The van der Waals surface area contributed by atoms with Crippen LogP contribution in [0.25, 0.3) is 0 Å². The third-order valence-electron chi connectivity index (χ3n) is 3.31. The molecule has 5 heteroatoms. The first-order chi connectivity index (χ1) is 10.6. The molecule has 0 radical (unpaired) electrons. The van der Waals surface area contributed by atoms with Crippen LogP contribution in [0.15, 0.2) is 48.5 Å². The predicted octanol–water partition coefficient (Wildman–Crippen LogP) is 3.24. The van der Waals surface area contributed by atoms with Crippen molar-refractivity contribution >= 4 is 11.7 Å². The van der Waals surface area contributed by atoms with E-state index in [1.165, 1.54) is 12.1 Å². The molecule has 0 unspecified atom stereocenters. The molecule has 0 fully saturated rings. The van der Waals surface area contributed by atoms with Crippen LogP contribution in [0.4, 0.5) is 14.9 Å². The van der Waals surface area contributed by atoms with Crippen LogP contribution >= 0.6 is 0 Å². The van der Waals surface area contributed by atoms with E-state index < -0.39 is 18.0 Å². The van der Waals surface area contributed by atoms with E-state index >= 15 is 0 Å². The number of carbonyl (C=O) groups excluding carboxylic acids is 1. The maximum absolute atomic E-state index is 13.5. The van der Waals surface area contributed by atoms with Crippen molar-refractivity contribution in [2.24, 2.45) is 0 Å². The lowest BCUT2D eigenvalue weighted by Crippen LogP contribution is -2.32. The maximum atomic E-state index is 13.5. The van der Waals surface area contributed by atoms with Gasteiger partial charge in [-0.25, -0.2) is 9.18 Å². The van der Waals surface area contributed by atoms with Crippen molar-refractivity contribution in [2.45, 2.75) is 19.4 Å². The van der Waals surface area contributed by atoms with Gasteiger partial charge >= 0.3 is 6.03 Å². The summed E-state index contributed by atoms with van der Waals surface area (Å²) in [4.78, 5) is 11.8. The summed E-state index contributed by atoms with van der Waals surface area (Å²) in [6, 6.07) is 13.0. The molecule has 0 aliphatic rings. The number of aliphatic hydroxyl groups is 1. The molecule has 0 saturated carbocycles. The third kappa shape index (κ3) is 4.30. The van der Waals surface area contributed by atoms with E-state index in [1.54, 1.807) is 18.2 Å². The van der Waals surface area contributed by atoms with Crippen molar-refractivity contribution in [2.75, 3.05) is 11.9 Å². The summed E-state index contributed by atoms with van der Waals surface area (Å²) in [5.74, 6) is -0.493. The molecule has 4 nitrogen and oxygen atoms in total. The highest BCUT2D eigenvalue weighted by atomic mass is 19.1. The fourth-order valence-electron chi connectivity index (χ4n) is 2.09. The number of rotatable bonds is 5. The zero-order valence-corrected chi connectivity index (χ0v) is 12.3. The second kappa shape index (κ2) is 7.56. The molecule has 2 amide bonds. The van der Waals surface area contributed by atoms with Crippen LogP contribution in [-0.2, 0) is 6.42 Å². The molecule has 3 N–H and O–H groups in total. The fraction of sp³-hybridized carbons (Fsp3) is 0.235. The number of benzene rings is 2. The molecule has 0 spiro atoms. The lowest BCUT2D eigenvalue weighted by molar-refractivity contribution is 0.170. The molecule has 0 saturated heterocycles. The van der Waals surface area contributed by atoms with Gasteiger partial charge < -0.3 is 15.7 Å². The molecule has 0 bridgehead atoms.